The molecule has 0 spiro atoms. The summed E-state index contributed by atoms with van der Waals surface area (Å²) in [7, 11) is 0. The molecule has 14 heavy (non-hydrogen) atoms. The molecule has 0 saturated carbocycles. The Kier molecular flexibility index (Phi) is 1.96. The SMILES string of the molecule is CC(C(N)=O)c1c[nH]c2cccnc12. The van der Waals surface area contributed by atoms with Crippen molar-refractivity contribution in [2.24, 2.45) is 5.73 Å². The van der Waals surface area contributed by atoms with E-state index in [-0.39, 0.29) is 11.8 Å². The first-order chi connectivity index (χ1) is 6.70. The highest BCUT2D eigenvalue weighted by Gasteiger charge is 2.16. The van der Waals surface area contributed by atoms with E-state index in [0.717, 1.165) is 16.6 Å². The van der Waals surface area contributed by atoms with Crippen LogP contribution in [0.3, 0.4) is 0 Å². The summed E-state index contributed by atoms with van der Waals surface area (Å²) in [6, 6.07) is 3.76. The van der Waals surface area contributed by atoms with Gasteiger partial charge in [-0.2, -0.15) is 0 Å². The molecule has 1 atom stereocenters. The second-order valence-corrected chi connectivity index (χ2v) is 3.27. The molecule has 0 aliphatic heterocycles. The number of rotatable bonds is 2. The normalized spacial score (nSPS) is 12.9. The van der Waals surface area contributed by atoms with Crippen molar-refractivity contribution in [1.29, 1.82) is 0 Å². The molecule has 1 unspecified atom stereocenters. The summed E-state index contributed by atoms with van der Waals surface area (Å²) in [5, 5.41) is 0. The highest BCUT2D eigenvalue weighted by Crippen LogP contribution is 2.22. The summed E-state index contributed by atoms with van der Waals surface area (Å²) in [6.45, 7) is 1.78. The van der Waals surface area contributed by atoms with Crippen molar-refractivity contribution in [2.75, 3.05) is 0 Å². The van der Waals surface area contributed by atoms with Gasteiger partial charge in [-0.3, -0.25) is 9.78 Å². The van der Waals surface area contributed by atoms with Crippen LogP contribution in [0, 0.1) is 0 Å². The second-order valence-electron chi connectivity index (χ2n) is 3.27. The average Bonchev–Trinajstić information content (AvgIpc) is 2.60. The van der Waals surface area contributed by atoms with Gasteiger partial charge in [-0.1, -0.05) is 0 Å². The molecule has 72 valence electrons. The number of nitrogens with zero attached hydrogens (tertiary/aromatic N) is 1. The molecule has 2 rings (SSSR count). The van der Waals surface area contributed by atoms with Gasteiger partial charge in [0.15, 0.2) is 0 Å². The molecule has 0 fully saturated rings. The van der Waals surface area contributed by atoms with E-state index in [1.807, 2.05) is 12.1 Å². The molecule has 0 aliphatic carbocycles. The molecule has 1 amide bonds. The third kappa shape index (κ3) is 1.25. The molecular weight excluding hydrogens is 178 g/mol. The van der Waals surface area contributed by atoms with E-state index < -0.39 is 0 Å². The fraction of sp³-hybridized carbons (Fsp3) is 0.200. The maximum Gasteiger partial charge on any atom is 0.224 e. The van der Waals surface area contributed by atoms with Crippen LogP contribution >= 0.6 is 0 Å². The van der Waals surface area contributed by atoms with Crippen LogP contribution < -0.4 is 5.73 Å². The number of H-pyrrole nitrogens is 1. The van der Waals surface area contributed by atoms with Crippen molar-refractivity contribution in [3.8, 4) is 0 Å². The Morgan fingerprint density at radius 2 is 2.43 bits per heavy atom. The monoisotopic (exact) mass is 189 g/mol. The quantitative estimate of drug-likeness (QED) is 0.743. The first-order valence-electron chi connectivity index (χ1n) is 4.41. The number of aromatic amines is 1. The summed E-state index contributed by atoms with van der Waals surface area (Å²) in [5.74, 6) is -0.643. The molecule has 0 radical (unpaired) electrons. The highest BCUT2D eigenvalue weighted by atomic mass is 16.1. The molecule has 0 aliphatic rings. The Balaban J connectivity index is 2.58. The molecule has 2 heterocycles. The van der Waals surface area contributed by atoms with Gasteiger partial charge in [0.05, 0.1) is 17.0 Å². The van der Waals surface area contributed by atoms with E-state index in [2.05, 4.69) is 9.97 Å². The first kappa shape index (κ1) is 8.74. The van der Waals surface area contributed by atoms with Crippen molar-refractivity contribution >= 4 is 16.9 Å². The van der Waals surface area contributed by atoms with E-state index in [9.17, 15) is 4.79 Å². The lowest BCUT2D eigenvalue weighted by molar-refractivity contribution is -0.119. The van der Waals surface area contributed by atoms with Gasteiger partial charge in [-0.15, -0.1) is 0 Å². The van der Waals surface area contributed by atoms with Crippen molar-refractivity contribution < 1.29 is 4.79 Å². The third-order valence-corrected chi connectivity index (χ3v) is 2.36. The predicted octanol–water partition coefficient (Wildman–Crippen LogP) is 1.15. The van der Waals surface area contributed by atoms with Gasteiger partial charge in [0.25, 0.3) is 0 Å². The van der Waals surface area contributed by atoms with Crippen LogP contribution in [0.1, 0.15) is 18.4 Å². The lowest BCUT2D eigenvalue weighted by Crippen LogP contribution is -2.18. The number of amides is 1. The Hall–Kier alpha value is -1.84. The van der Waals surface area contributed by atoms with Crippen molar-refractivity contribution in [2.45, 2.75) is 12.8 Å². The lowest BCUT2D eigenvalue weighted by atomic mass is 10.0. The van der Waals surface area contributed by atoms with Gasteiger partial charge in [0, 0.05) is 18.0 Å². The minimum atomic E-state index is -0.337. The number of pyridine rings is 1. The Labute approximate surface area is 81.1 Å². The fourth-order valence-corrected chi connectivity index (χ4v) is 1.46. The summed E-state index contributed by atoms with van der Waals surface area (Å²) < 4.78 is 0. The number of hydrogen-bond acceptors (Lipinski definition) is 2. The number of carbonyl (C=O) groups is 1. The zero-order valence-electron chi connectivity index (χ0n) is 7.82. The number of carbonyl (C=O) groups excluding carboxylic acids is 1. The van der Waals surface area contributed by atoms with Crippen molar-refractivity contribution in [3.63, 3.8) is 0 Å². The molecule has 2 aromatic rings. The van der Waals surface area contributed by atoms with Crippen molar-refractivity contribution in [3.05, 3.63) is 30.1 Å². The molecule has 0 aromatic carbocycles. The lowest BCUT2D eigenvalue weighted by Gasteiger charge is -2.03. The molecule has 0 bridgehead atoms. The predicted molar refractivity (Wildman–Crippen MR) is 53.7 cm³/mol. The van der Waals surface area contributed by atoms with Crippen LogP contribution in [-0.4, -0.2) is 15.9 Å². The molecule has 0 saturated heterocycles. The largest absolute Gasteiger partial charge is 0.369 e. The van der Waals surface area contributed by atoms with Gasteiger partial charge >= 0.3 is 0 Å². The van der Waals surface area contributed by atoms with Crippen LogP contribution in [0.5, 0.6) is 0 Å². The van der Waals surface area contributed by atoms with E-state index in [0.29, 0.717) is 0 Å². The average molecular weight is 189 g/mol. The maximum absolute atomic E-state index is 11.0. The number of fused-ring (bicyclic) bond motifs is 1. The molecule has 4 nitrogen and oxygen atoms in total. The van der Waals surface area contributed by atoms with E-state index in [4.69, 9.17) is 5.73 Å². The summed E-state index contributed by atoms with van der Waals surface area (Å²) in [4.78, 5) is 18.3. The van der Waals surface area contributed by atoms with Crippen LogP contribution in [0.25, 0.3) is 11.0 Å². The van der Waals surface area contributed by atoms with E-state index in [1.165, 1.54) is 0 Å². The van der Waals surface area contributed by atoms with Crippen LogP contribution in [0.2, 0.25) is 0 Å². The van der Waals surface area contributed by atoms with Gasteiger partial charge in [-0.25, -0.2) is 0 Å². The van der Waals surface area contributed by atoms with Gasteiger partial charge in [0.1, 0.15) is 0 Å². The number of nitrogens with one attached hydrogen (secondary N) is 1. The Morgan fingerprint density at radius 1 is 1.64 bits per heavy atom. The van der Waals surface area contributed by atoms with Crippen LogP contribution in [0.15, 0.2) is 24.5 Å². The van der Waals surface area contributed by atoms with E-state index in [1.54, 1.807) is 19.3 Å². The molecule has 4 heteroatoms. The summed E-state index contributed by atoms with van der Waals surface area (Å²) >= 11 is 0. The minimum Gasteiger partial charge on any atom is -0.369 e. The zero-order chi connectivity index (χ0) is 10.1. The number of aromatic nitrogens is 2. The maximum atomic E-state index is 11.0. The van der Waals surface area contributed by atoms with Crippen LogP contribution in [-0.2, 0) is 4.79 Å². The highest BCUT2D eigenvalue weighted by molar-refractivity contribution is 5.88. The summed E-state index contributed by atoms with van der Waals surface area (Å²) in [6.07, 6.45) is 3.49. The topological polar surface area (TPSA) is 71.8 Å². The van der Waals surface area contributed by atoms with Crippen LogP contribution in [0.4, 0.5) is 0 Å². The number of hydrogen-bond donors (Lipinski definition) is 2. The van der Waals surface area contributed by atoms with Gasteiger partial charge in [-0.05, 0) is 19.1 Å². The molecule has 3 N–H and O–H groups in total. The number of primary amides is 1. The zero-order valence-corrected chi connectivity index (χ0v) is 7.82. The van der Waals surface area contributed by atoms with Gasteiger partial charge in [0.2, 0.25) is 5.91 Å². The minimum absolute atomic E-state index is 0.307. The first-order valence-corrected chi connectivity index (χ1v) is 4.41. The summed E-state index contributed by atoms with van der Waals surface area (Å²) in [5.41, 5.74) is 7.84. The Bertz CT molecular complexity index is 475. The molecular formula is C10H11N3O. The Morgan fingerprint density at radius 3 is 3.14 bits per heavy atom. The third-order valence-electron chi connectivity index (χ3n) is 2.36. The number of nitrogens with two attached hydrogens (primary N) is 1. The standard InChI is InChI=1S/C10H11N3O/c1-6(10(11)14)7-5-13-8-3-2-4-12-9(7)8/h2-6,13H,1H3,(H2,11,14). The van der Waals surface area contributed by atoms with Crippen molar-refractivity contribution in [1.82, 2.24) is 9.97 Å². The van der Waals surface area contributed by atoms with E-state index >= 15 is 0 Å². The van der Waals surface area contributed by atoms with Gasteiger partial charge < -0.3 is 10.7 Å². The second kappa shape index (κ2) is 3.14. The molecule has 2 aromatic heterocycles. The fourth-order valence-electron chi connectivity index (χ4n) is 1.46. The smallest absolute Gasteiger partial charge is 0.224 e.